The van der Waals surface area contributed by atoms with Crippen LogP contribution in [0.5, 0.6) is 0 Å². The van der Waals surface area contributed by atoms with Crippen LogP contribution in [-0.2, 0) is 4.79 Å². The molecule has 0 aromatic carbocycles. The average Bonchev–Trinajstić information content (AvgIpc) is 2.75. The zero-order chi connectivity index (χ0) is 17.5. The van der Waals surface area contributed by atoms with E-state index in [-0.39, 0.29) is 17.9 Å². The maximum atomic E-state index is 11.8. The second-order valence-electron chi connectivity index (χ2n) is 8.58. The number of nitrogens with one attached hydrogen (secondary N) is 1. The first-order chi connectivity index (χ1) is 11.3. The van der Waals surface area contributed by atoms with Gasteiger partial charge in [0.1, 0.15) is 6.04 Å². The normalized spacial score (nSPS) is 47.2. The molecule has 1 aliphatic heterocycles. The number of carboxylic acid groups (broad SMARTS) is 1. The number of carboxylic acids is 1. The number of carbonyl (C=O) groups is 1. The van der Waals surface area contributed by atoms with Crippen molar-refractivity contribution in [2.24, 2.45) is 17.8 Å². The van der Waals surface area contributed by atoms with E-state index in [1.165, 1.54) is 0 Å². The molecule has 4 N–H and O–H groups in total. The van der Waals surface area contributed by atoms with E-state index in [1.807, 2.05) is 0 Å². The average molecular weight is 341 g/mol. The first-order valence-corrected chi connectivity index (χ1v) is 9.42. The fourth-order valence-electron chi connectivity index (χ4n) is 5.42. The molecule has 2 aliphatic carbocycles. The molecule has 6 heteroatoms. The van der Waals surface area contributed by atoms with Gasteiger partial charge in [-0.2, -0.15) is 0 Å². The van der Waals surface area contributed by atoms with Crippen molar-refractivity contribution < 1.29 is 30.1 Å². The molecule has 3 aliphatic rings. The van der Waals surface area contributed by atoms with E-state index in [0.717, 1.165) is 37.0 Å². The molecule has 0 spiro atoms. The molecule has 3 rings (SSSR count). The smallest absolute Gasteiger partial charge is 0.128 e. The first-order valence-electron chi connectivity index (χ1n) is 9.42. The van der Waals surface area contributed by atoms with Crippen LogP contribution in [0.2, 0.25) is 0 Å². The van der Waals surface area contributed by atoms with Gasteiger partial charge in [0.2, 0.25) is 0 Å². The number of aliphatic hydroxyl groups excluding tert-OH is 2. The van der Waals surface area contributed by atoms with Crippen LogP contribution in [0.4, 0.5) is 0 Å². The standard InChI is InChI=1S/C18H31NO5/c1-18(24)9-16(21)13-6-7-19(10-14(13)18)15(17(22)23)8-11-2-4-12(20)5-3-11/h11-16,20-21,24H,2-10H2,1H3,(H,22,23)/t11?,12?,13?,14?,15-,16-,18+/m1/s1. The molecule has 0 bridgehead atoms. The molecule has 24 heavy (non-hydrogen) atoms. The van der Waals surface area contributed by atoms with Gasteiger partial charge in [-0.3, -0.25) is 0 Å². The minimum Gasteiger partial charge on any atom is -0.544 e. The second-order valence-corrected chi connectivity index (χ2v) is 8.58. The molecule has 0 aromatic rings. The second kappa shape index (κ2) is 6.90. The number of hydrogen-bond acceptors (Lipinski definition) is 5. The maximum absolute atomic E-state index is 11.8. The highest BCUT2D eigenvalue weighted by molar-refractivity contribution is 5.69. The summed E-state index contributed by atoms with van der Waals surface area (Å²) in [5, 5.41) is 42.1. The van der Waals surface area contributed by atoms with Crippen molar-refractivity contribution in [3.63, 3.8) is 0 Å². The molecular weight excluding hydrogens is 310 g/mol. The lowest BCUT2D eigenvalue weighted by atomic mass is 9.79. The van der Waals surface area contributed by atoms with Crippen LogP contribution in [0, 0.1) is 17.8 Å². The van der Waals surface area contributed by atoms with E-state index < -0.39 is 23.7 Å². The number of likely N-dealkylation sites (tertiary alicyclic amines) is 1. The molecule has 0 radical (unpaired) electrons. The Balaban J connectivity index is 1.65. The fourth-order valence-corrected chi connectivity index (χ4v) is 5.42. The number of aliphatic hydroxyl groups is 3. The fraction of sp³-hybridized carbons (Fsp3) is 0.944. The third-order valence-corrected chi connectivity index (χ3v) is 6.88. The van der Waals surface area contributed by atoms with Gasteiger partial charge in [0.05, 0.1) is 36.9 Å². The summed E-state index contributed by atoms with van der Waals surface area (Å²) >= 11 is 0. The lowest BCUT2D eigenvalue weighted by molar-refractivity contribution is -0.929. The molecule has 1 saturated heterocycles. The van der Waals surface area contributed by atoms with E-state index in [0.29, 0.717) is 31.8 Å². The van der Waals surface area contributed by atoms with Gasteiger partial charge < -0.3 is 30.1 Å². The third kappa shape index (κ3) is 3.62. The van der Waals surface area contributed by atoms with Gasteiger partial charge in [0.25, 0.3) is 0 Å². The van der Waals surface area contributed by atoms with E-state index in [9.17, 15) is 25.2 Å². The summed E-state index contributed by atoms with van der Waals surface area (Å²) < 4.78 is 0. The Morgan fingerprint density at radius 1 is 1.25 bits per heavy atom. The minimum atomic E-state index is -1.01. The van der Waals surface area contributed by atoms with Gasteiger partial charge in [-0.25, -0.2) is 0 Å². The summed E-state index contributed by atoms with van der Waals surface area (Å²) in [7, 11) is 0. The quantitative estimate of drug-likeness (QED) is 0.477. The Morgan fingerprint density at radius 3 is 2.54 bits per heavy atom. The molecule has 2 saturated carbocycles. The SMILES string of the molecule is C[C@]1(O)C[C@@H](O)C2CC[NH+]([C@H](CC3CCC(O)CC3)C(=O)[O-])CC21. The van der Waals surface area contributed by atoms with E-state index >= 15 is 0 Å². The van der Waals surface area contributed by atoms with Crippen LogP contribution in [0.15, 0.2) is 0 Å². The zero-order valence-electron chi connectivity index (χ0n) is 14.5. The number of carbonyl (C=O) groups excluding carboxylic acids is 1. The lowest BCUT2D eigenvalue weighted by Gasteiger charge is -2.42. The maximum Gasteiger partial charge on any atom is 0.128 e. The van der Waals surface area contributed by atoms with Crippen LogP contribution in [-0.4, -0.2) is 58.2 Å². The molecule has 0 amide bonds. The largest absolute Gasteiger partial charge is 0.544 e. The number of hydrogen-bond donors (Lipinski definition) is 4. The predicted molar refractivity (Wildman–Crippen MR) is 84.9 cm³/mol. The van der Waals surface area contributed by atoms with Crippen molar-refractivity contribution >= 4 is 5.97 Å². The van der Waals surface area contributed by atoms with Gasteiger partial charge in [-0.1, -0.05) is 0 Å². The molecule has 6 nitrogen and oxygen atoms in total. The van der Waals surface area contributed by atoms with Gasteiger partial charge in [-0.15, -0.1) is 0 Å². The summed E-state index contributed by atoms with van der Waals surface area (Å²) in [5.74, 6) is -0.647. The molecule has 6 atom stereocenters. The highest BCUT2D eigenvalue weighted by Crippen LogP contribution is 2.42. The van der Waals surface area contributed by atoms with Crippen molar-refractivity contribution in [2.75, 3.05) is 13.1 Å². The first kappa shape index (κ1) is 18.1. The Bertz CT molecular complexity index is 460. The number of rotatable bonds is 4. The summed E-state index contributed by atoms with van der Waals surface area (Å²) in [5.41, 5.74) is -0.915. The van der Waals surface area contributed by atoms with Gasteiger partial charge in [-0.05, 0) is 38.5 Å². The van der Waals surface area contributed by atoms with Crippen molar-refractivity contribution in [3.8, 4) is 0 Å². The van der Waals surface area contributed by atoms with E-state index in [2.05, 4.69) is 0 Å². The minimum absolute atomic E-state index is 0.0497. The molecule has 138 valence electrons. The van der Waals surface area contributed by atoms with Gasteiger partial charge in [0, 0.05) is 31.1 Å². The van der Waals surface area contributed by atoms with Crippen LogP contribution in [0.3, 0.4) is 0 Å². The van der Waals surface area contributed by atoms with Crippen molar-refractivity contribution in [1.82, 2.24) is 0 Å². The van der Waals surface area contributed by atoms with Crippen LogP contribution in [0.25, 0.3) is 0 Å². The topological polar surface area (TPSA) is 105 Å². The monoisotopic (exact) mass is 341 g/mol. The number of quaternary nitrogens is 1. The van der Waals surface area contributed by atoms with E-state index in [1.54, 1.807) is 6.92 Å². The van der Waals surface area contributed by atoms with Crippen molar-refractivity contribution in [3.05, 3.63) is 0 Å². The summed E-state index contributed by atoms with van der Waals surface area (Å²) in [6.07, 6.45) is 4.27. The predicted octanol–water partition coefficient (Wildman–Crippen LogP) is -1.92. The van der Waals surface area contributed by atoms with Gasteiger partial charge >= 0.3 is 0 Å². The molecule has 0 aromatic heterocycles. The third-order valence-electron chi connectivity index (χ3n) is 6.88. The highest BCUT2D eigenvalue weighted by Gasteiger charge is 2.54. The number of fused-ring (bicyclic) bond motifs is 1. The van der Waals surface area contributed by atoms with Crippen LogP contribution >= 0.6 is 0 Å². The zero-order valence-corrected chi connectivity index (χ0v) is 14.5. The Morgan fingerprint density at radius 2 is 1.92 bits per heavy atom. The van der Waals surface area contributed by atoms with Crippen LogP contribution < -0.4 is 10.0 Å². The number of piperidine rings is 1. The van der Waals surface area contributed by atoms with Crippen LogP contribution in [0.1, 0.15) is 51.9 Å². The van der Waals surface area contributed by atoms with Gasteiger partial charge in [0.15, 0.2) is 0 Å². The Kier molecular flexibility index (Phi) is 5.21. The lowest BCUT2D eigenvalue weighted by Crippen LogP contribution is -3.19. The van der Waals surface area contributed by atoms with Crippen molar-refractivity contribution in [1.29, 1.82) is 0 Å². The Labute approximate surface area is 143 Å². The number of aliphatic carboxylic acids is 1. The molecular formula is C18H31NO5. The summed E-state index contributed by atoms with van der Waals surface area (Å²) in [6.45, 7) is 3.06. The molecule has 3 fully saturated rings. The summed E-state index contributed by atoms with van der Waals surface area (Å²) in [6, 6.07) is -0.556. The summed E-state index contributed by atoms with van der Waals surface area (Å²) in [4.78, 5) is 12.7. The Hall–Kier alpha value is -0.690. The highest BCUT2D eigenvalue weighted by atomic mass is 16.4. The molecule has 3 unspecified atom stereocenters. The van der Waals surface area contributed by atoms with E-state index in [4.69, 9.17) is 0 Å². The molecule has 1 heterocycles. The van der Waals surface area contributed by atoms with Crippen molar-refractivity contribution in [2.45, 2.75) is 75.7 Å².